The highest BCUT2D eigenvalue weighted by Crippen LogP contribution is 2.29. The van der Waals surface area contributed by atoms with E-state index in [4.69, 9.17) is 9.47 Å². The second-order valence-electron chi connectivity index (χ2n) is 6.31. The molecule has 0 saturated carbocycles. The summed E-state index contributed by atoms with van der Waals surface area (Å²) < 4.78 is 11.2. The van der Waals surface area contributed by atoms with Gasteiger partial charge in [-0.3, -0.25) is 4.79 Å². The molecule has 5 nitrogen and oxygen atoms in total. The first kappa shape index (κ1) is 19.5. The Hall–Kier alpha value is -3.21. The molecule has 0 aliphatic heterocycles. The summed E-state index contributed by atoms with van der Waals surface area (Å²) in [7, 11) is 0. The number of H-pyrrole nitrogens is 1. The van der Waals surface area contributed by atoms with E-state index in [1.807, 2.05) is 56.4 Å². The van der Waals surface area contributed by atoms with Crippen LogP contribution in [-0.4, -0.2) is 30.6 Å². The monoisotopic (exact) mass is 378 g/mol. The lowest BCUT2D eigenvalue weighted by atomic mass is 10.1. The molecule has 146 valence electrons. The van der Waals surface area contributed by atoms with Gasteiger partial charge in [-0.15, -0.1) is 0 Å². The van der Waals surface area contributed by atoms with E-state index in [9.17, 15) is 4.79 Å². The Kier molecular flexibility index (Phi) is 6.73. The average molecular weight is 378 g/mol. The number of para-hydroxylation sites is 1. The number of ether oxygens (including phenoxy) is 2. The summed E-state index contributed by atoms with van der Waals surface area (Å²) in [4.78, 5) is 15.4. The second kappa shape index (κ2) is 9.65. The maximum atomic E-state index is 12.1. The van der Waals surface area contributed by atoms with E-state index in [2.05, 4.69) is 16.4 Å². The molecule has 2 aromatic carbocycles. The molecule has 2 N–H and O–H groups in total. The van der Waals surface area contributed by atoms with E-state index in [0.29, 0.717) is 31.3 Å². The Balaban J connectivity index is 1.55. The third kappa shape index (κ3) is 4.94. The highest BCUT2D eigenvalue weighted by molar-refractivity contribution is 5.91. The Morgan fingerprint density at radius 2 is 1.86 bits per heavy atom. The molecule has 0 fully saturated rings. The molecule has 3 aromatic rings. The fourth-order valence-corrected chi connectivity index (χ4v) is 3.06. The predicted molar refractivity (Wildman–Crippen MR) is 113 cm³/mol. The van der Waals surface area contributed by atoms with Gasteiger partial charge >= 0.3 is 0 Å². The molecule has 0 spiro atoms. The molecule has 1 amide bonds. The molecule has 0 aliphatic rings. The molecule has 3 rings (SSSR count). The van der Waals surface area contributed by atoms with Crippen LogP contribution in [0.25, 0.3) is 17.0 Å². The van der Waals surface area contributed by atoms with Crippen molar-refractivity contribution in [3.05, 3.63) is 65.9 Å². The summed E-state index contributed by atoms with van der Waals surface area (Å²) in [6, 6.07) is 13.8. The van der Waals surface area contributed by atoms with Gasteiger partial charge in [0, 0.05) is 29.7 Å². The van der Waals surface area contributed by atoms with Gasteiger partial charge in [0.05, 0.1) is 13.2 Å². The SMILES string of the molecule is CCOc1ccc(/C=C/C(=O)NCCc2c[nH]c3ccccc23)cc1OCC. The van der Waals surface area contributed by atoms with Gasteiger partial charge in [-0.1, -0.05) is 24.3 Å². The van der Waals surface area contributed by atoms with Crippen LogP contribution in [0, 0.1) is 0 Å². The predicted octanol–water partition coefficient (Wildman–Crippen LogP) is 4.34. The maximum absolute atomic E-state index is 12.1. The van der Waals surface area contributed by atoms with Gasteiger partial charge in [-0.25, -0.2) is 0 Å². The summed E-state index contributed by atoms with van der Waals surface area (Å²) in [6.07, 6.45) is 6.10. The first-order valence-electron chi connectivity index (χ1n) is 9.61. The van der Waals surface area contributed by atoms with Gasteiger partial charge in [0.25, 0.3) is 0 Å². The summed E-state index contributed by atoms with van der Waals surface area (Å²) >= 11 is 0. The number of aromatic nitrogens is 1. The van der Waals surface area contributed by atoms with Gasteiger partial charge in [-0.2, -0.15) is 0 Å². The summed E-state index contributed by atoms with van der Waals surface area (Å²) in [6.45, 7) is 5.58. The van der Waals surface area contributed by atoms with E-state index >= 15 is 0 Å². The molecule has 0 bridgehead atoms. The highest BCUT2D eigenvalue weighted by Gasteiger charge is 2.06. The van der Waals surface area contributed by atoms with E-state index in [1.165, 1.54) is 10.9 Å². The number of aromatic amines is 1. The van der Waals surface area contributed by atoms with Gasteiger partial charge in [0.1, 0.15) is 0 Å². The highest BCUT2D eigenvalue weighted by atomic mass is 16.5. The van der Waals surface area contributed by atoms with Crippen molar-refractivity contribution >= 4 is 22.9 Å². The minimum atomic E-state index is -0.119. The van der Waals surface area contributed by atoms with Gasteiger partial charge < -0.3 is 19.8 Å². The zero-order valence-electron chi connectivity index (χ0n) is 16.3. The first-order valence-corrected chi connectivity index (χ1v) is 9.61. The number of nitrogens with one attached hydrogen (secondary N) is 2. The molecule has 28 heavy (non-hydrogen) atoms. The number of benzene rings is 2. The smallest absolute Gasteiger partial charge is 0.244 e. The van der Waals surface area contributed by atoms with Crippen molar-refractivity contribution in [2.45, 2.75) is 20.3 Å². The number of carbonyl (C=O) groups excluding carboxylic acids is 1. The largest absolute Gasteiger partial charge is 0.490 e. The van der Waals surface area contributed by atoms with E-state index in [0.717, 1.165) is 17.5 Å². The van der Waals surface area contributed by atoms with Crippen LogP contribution in [0.1, 0.15) is 25.0 Å². The molecule has 5 heteroatoms. The number of rotatable bonds is 9. The number of hydrogen-bond donors (Lipinski definition) is 2. The van der Waals surface area contributed by atoms with E-state index in [-0.39, 0.29) is 5.91 Å². The minimum Gasteiger partial charge on any atom is -0.490 e. The molecular weight excluding hydrogens is 352 g/mol. The van der Waals surface area contributed by atoms with Crippen LogP contribution < -0.4 is 14.8 Å². The fourth-order valence-electron chi connectivity index (χ4n) is 3.06. The van der Waals surface area contributed by atoms with Crippen LogP contribution in [0.3, 0.4) is 0 Å². The van der Waals surface area contributed by atoms with Crippen molar-refractivity contribution in [3.63, 3.8) is 0 Å². The topological polar surface area (TPSA) is 63.3 Å². The second-order valence-corrected chi connectivity index (χ2v) is 6.31. The van der Waals surface area contributed by atoms with Crippen molar-refractivity contribution in [2.75, 3.05) is 19.8 Å². The van der Waals surface area contributed by atoms with Gasteiger partial charge in [0.2, 0.25) is 5.91 Å². The zero-order valence-corrected chi connectivity index (χ0v) is 16.3. The number of hydrogen-bond acceptors (Lipinski definition) is 3. The van der Waals surface area contributed by atoms with Gasteiger partial charge in [-0.05, 0) is 55.7 Å². The van der Waals surface area contributed by atoms with Crippen LogP contribution in [-0.2, 0) is 11.2 Å². The van der Waals surface area contributed by atoms with Crippen molar-refractivity contribution in [3.8, 4) is 11.5 Å². The molecule has 0 atom stereocenters. The number of carbonyl (C=O) groups is 1. The Labute approximate surface area is 165 Å². The molecule has 0 saturated heterocycles. The standard InChI is InChI=1S/C23H26N2O3/c1-3-27-21-11-9-17(15-22(21)28-4-2)10-12-23(26)24-14-13-18-16-25-20-8-6-5-7-19(18)20/h5-12,15-16,25H,3-4,13-14H2,1-2H3,(H,24,26)/b12-10+. The normalized spacial score (nSPS) is 11.1. The average Bonchev–Trinajstić information content (AvgIpc) is 3.12. The Bertz CT molecular complexity index is 959. The fraction of sp³-hybridized carbons (Fsp3) is 0.261. The van der Waals surface area contributed by atoms with Crippen LogP contribution >= 0.6 is 0 Å². The zero-order chi connectivity index (χ0) is 19.8. The number of fused-ring (bicyclic) bond motifs is 1. The quantitative estimate of drug-likeness (QED) is 0.545. The lowest BCUT2D eigenvalue weighted by Crippen LogP contribution is -2.23. The minimum absolute atomic E-state index is 0.119. The molecule has 1 aromatic heterocycles. The molecule has 1 heterocycles. The summed E-state index contributed by atoms with van der Waals surface area (Å²) in [5.41, 5.74) is 3.20. The first-order chi connectivity index (χ1) is 13.7. The number of amides is 1. The van der Waals surface area contributed by atoms with Gasteiger partial charge in [0.15, 0.2) is 11.5 Å². The van der Waals surface area contributed by atoms with Crippen LogP contribution in [0.4, 0.5) is 0 Å². The Morgan fingerprint density at radius 3 is 2.68 bits per heavy atom. The molecule has 0 unspecified atom stereocenters. The lowest BCUT2D eigenvalue weighted by molar-refractivity contribution is -0.116. The maximum Gasteiger partial charge on any atom is 0.244 e. The van der Waals surface area contributed by atoms with Crippen LogP contribution in [0.5, 0.6) is 11.5 Å². The third-order valence-electron chi connectivity index (χ3n) is 4.36. The third-order valence-corrected chi connectivity index (χ3v) is 4.36. The van der Waals surface area contributed by atoms with E-state index < -0.39 is 0 Å². The van der Waals surface area contributed by atoms with Crippen molar-refractivity contribution in [1.29, 1.82) is 0 Å². The van der Waals surface area contributed by atoms with Crippen LogP contribution in [0.2, 0.25) is 0 Å². The van der Waals surface area contributed by atoms with Crippen LogP contribution in [0.15, 0.2) is 54.7 Å². The van der Waals surface area contributed by atoms with Crippen molar-refractivity contribution in [1.82, 2.24) is 10.3 Å². The molecular formula is C23H26N2O3. The van der Waals surface area contributed by atoms with Crippen molar-refractivity contribution in [2.24, 2.45) is 0 Å². The van der Waals surface area contributed by atoms with E-state index in [1.54, 1.807) is 12.2 Å². The van der Waals surface area contributed by atoms with Crippen molar-refractivity contribution < 1.29 is 14.3 Å². The molecule has 0 aliphatic carbocycles. The summed E-state index contributed by atoms with van der Waals surface area (Å²) in [5.74, 6) is 1.28. The Morgan fingerprint density at radius 1 is 1.07 bits per heavy atom. The molecule has 0 radical (unpaired) electrons. The lowest BCUT2D eigenvalue weighted by Gasteiger charge is -2.11. The summed E-state index contributed by atoms with van der Waals surface area (Å²) in [5, 5.41) is 4.13.